The van der Waals surface area contributed by atoms with Crippen molar-refractivity contribution in [1.29, 1.82) is 0 Å². The van der Waals surface area contributed by atoms with Gasteiger partial charge in [0.25, 0.3) is 11.6 Å². The first-order valence-electron chi connectivity index (χ1n) is 6.57. The van der Waals surface area contributed by atoms with Crippen LogP contribution in [-0.4, -0.2) is 22.1 Å². The van der Waals surface area contributed by atoms with E-state index in [2.05, 4.69) is 22.4 Å². The molecule has 5 nitrogen and oxygen atoms in total. The van der Waals surface area contributed by atoms with Gasteiger partial charge in [-0.25, -0.2) is 4.98 Å². The highest BCUT2D eigenvalue weighted by Crippen LogP contribution is 2.21. The quantitative estimate of drug-likeness (QED) is 0.918. The number of rotatable bonds is 4. The van der Waals surface area contributed by atoms with Crippen molar-refractivity contribution in [3.63, 3.8) is 0 Å². The van der Waals surface area contributed by atoms with Crippen molar-refractivity contribution < 1.29 is 9.32 Å². The lowest BCUT2D eigenvalue weighted by Gasteiger charge is -2.13. The molecule has 1 N–H and O–H groups in total. The van der Waals surface area contributed by atoms with Crippen LogP contribution in [0.3, 0.4) is 0 Å². The zero-order chi connectivity index (χ0) is 14.0. The number of aromatic nitrogens is 2. The summed E-state index contributed by atoms with van der Waals surface area (Å²) < 4.78 is 5.13. The highest BCUT2D eigenvalue weighted by atomic mass is 16.5. The Labute approximate surface area is 112 Å². The van der Waals surface area contributed by atoms with Crippen LogP contribution in [0.15, 0.2) is 10.6 Å². The second kappa shape index (κ2) is 5.38. The Hall–Kier alpha value is -1.91. The van der Waals surface area contributed by atoms with E-state index in [4.69, 9.17) is 4.52 Å². The second-order valence-corrected chi connectivity index (χ2v) is 4.92. The summed E-state index contributed by atoms with van der Waals surface area (Å²) >= 11 is 0. The molecule has 2 heterocycles. The third-order valence-corrected chi connectivity index (χ3v) is 3.09. The summed E-state index contributed by atoms with van der Waals surface area (Å²) in [7, 11) is 0. The first-order valence-corrected chi connectivity index (χ1v) is 6.57. The molecule has 102 valence electrons. The van der Waals surface area contributed by atoms with Gasteiger partial charge >= 0.3 is 0 Å². The van der Waals surface area contributed by atoms with Crippen molar-refractivity contribution in [1.82, 2.24) is 15.5 Å². The Morgan fingerprint density at radius 1 is 1.47 bits per heavy atom. The van der Waals surface area contributed by atoms with Gasteiger partial charge in [-0.3, -0.25) is 4.79 Å². The van der Waals surface area contributed by atoms with Crippen LogP contribution in [-0.2, 0) is 0 Å². The van der Waals surface area contributed by atoms with E-state index < -0.39 is 0 Å². The minimum Gasteiger partial charge on any atom is -0.350 e. The fourth-order valence-corrected chi connectivity index (χ4v) is 2.20. The lowest BCUT2D eigenvalue weighted by atomic mass is 10.1. The number of hydrogen-bond acceptors (Lipinski definition) is 4. The molecule has 0 aliphatic rings. The van der Waals surface area contributed by atoms with Gasteiger partial charge in [0.1, 0.15) is 0 Å². The monoisotopic (exact) mass is 261 g/mol. The molecule has 2 aromatic rings. The van der Waals surface area contributed by atoms with Gasteiger partial charge in [0.05, 0.1) is 16.6 Å². The molecular weight excluding hydrogens is 242 g/mol. The van der Waals surface area contributed by atoms with E-state index in [9.17, 15) is 4.79 Å². The average molecular weight is 261 g/mol. The van der Waals surface area contributed by atoms with E-state index in [1.54, 1.807) is 6.07 Å². The number of fused-ring (bicyclic) bond motifs is 1. The van der Waals surface area contributed by atoms with Gasteiger partial charge in [0.2, 0.25) is 0 Å². The van der Waals surface area contributed by atoms with Crippen LogP contribution in [0.1, 0.15) is 48.4 Å². The second-order valence-electron chi connectivity index (χ2n) is 4.92. The van der Waals surface area contributed by atoms with Crippen molar-refractivity contribution in [3.8, 4) is 0 Å². The van der Waals surface area contributed by atoms with Crippen LogP contribution >= 0.6 is 0 Å². The SMILES string of the molecule is CCC[C@@H](C)NC(=O)c1cc(C)nc2onc(C)c12. The van der Waals surface area contributed by atoms with Gasteiger partial charge in [-0.1, -0.05) is 18.5 Å². The van der Waals surface area contributed by atoms with Crippen LogP contribution in [0.25, 0.3) is 11.1 Å². The number of amides is 1. The van der Waals surface area contributed by atoms with E-state index in [1.165, 1.54) is 0 Å². The Bertz CT molecular complexity index is 604. The summed E-state index contributed by atoms with van der Waals surface area (Å²) in [5, 5.41) is 7.58. The number of hydrogen-bond donors (Lipinski definition) is 1. The summed E-state index contributed by atoms with van der Waals surface area (Å²) in [5.74, 6) is -0.0947. The van der Waals surface area contributed by atoms with Crippen molar-refractivity contribution in [2.24, 2.45) is 0 Å². The first-order chi connectivity index (χ1) is 9.02. The lowest BCUT2D eigenvalue weighted by Crippen LogP contribution is -2.32. The summed E-state index contributed by atoms with van der Waals surface area (Å²) in [4.78, 5) is 16.6. The van der Waals surface area contributed by atoms with Crippen LogP contribution in [0.2, 0.25) is 0 Å². The summed E-state index contributed by atoms with van der Waals surface area (Å²) in [6.07, 6.45) is 2.00. The van der Waals surface area contributed by atoms with E-state index in [-0.39, 0.29) is 11.9 Å². The molecule has 2 rings (SSSR count). The molecule has 1 atom stereocenters. The highest BCUT2D eigenvalue weighted by molar-refractivity contribution is 6.06. The molecule has 0 aliphatic heterocycles. The molecule has 19 heavy (non-hydrogen) atoms. The van der Waals surface area contributed by atoms with Crippen LogP contribution < -0.4 is 5.32 Å². The fourth-order valence-electron chi connectivity index (χ4n) is 2.20. The van der Waals surface area contributed by atoms with Gasteiger partial charge in [0.15, 0.2) is 0 Å². The van der Waals surface area contributed by atoms with Crippen LogP contribution in [0, 0.1) is 13.8 Å². The average Bonchev–Trinajstić information content (AvgIpc) is 2.70. The number of carbonyl (C=O) groups excluding carboxylic acids is 1. The zero-order valence-corrected chi connectivity index (χ0v) is 11.8. The molecule has 1 amide bonds. The number of nitrogens with zero attached hydrogens (tertiary/aromatic N) is 2. The molecule has 2 aromatic heterocycles. The van der Waals surface area contributed by atoms with E-state index in [0.29, 0.717) is 22.4 Å². The Balaban J connectivity index is 2.38. The third-order valence-electron chi connectivity index (χ3n) is 3.09. The molecule has 0 aliphatic carbocycles. The topological polar surface area (TPSA) is 68.0 Å². The smallest absolute Gasteiger partial charge is 0.258 e. The maximum absolute atomic E-state index is 12.3. The van der Waals surface area contributed by atoms with E-state index >= 15 is 0 Å². The molecule has 0 radical (unpaired) electrons. The Morgan fingerprint density at radius 2 is 2.21 bits per heavy atom. The molecule has 0 fully saturated rings. The van der Waals surface area contributed by atoms with Gasteiger partial charge in [-0.05, 0) is 33.3 Å². The normalized spacial score (nSPS) is 12.6. The molecule has 0 saturated heterocycles. The molecule has 0 spiro atoms. The zero-order valence-electron chi connectivity index (χ0n) is 11.8. The molecule has 0 saturated carbocycles. The Kier molecular flexibility index (Phi) is 3.83. The number of pyridine rings is 1. The van der Waals surface area contributed by atoms with Gasteiger partial charge in [-0.2, -0.15) is 0 Å². The standard InChI is InChI=1S/C14H19N3O2/c1-5-6-8(2)15-13(18)11-7-9(3)16-14-12(11)10(4)17-19-14/h7-8H,5-6H2,1-4H3,(H,15,18)/t8-/m1/s1. The molecule has 0 aromatic carbocycles. The third kappa shape index (κ3) is 2.75. The summed E-state index contributed by atoms with van der Waals surface area (Å²) in [6, 6.07) is 1.93. The van der Waals surface area contributed by atoms with Crippen molar-refractivity contribution >= 4 is 17.0 Å². The summed E-state index contributed by atoms with van der Waals surface area (Å²) in [6.45, 7) is 7.76. The number of carbonyl (C=O) groups is 1. The lowest BCUT2D eigenvalue weighted by molar-refractivity contribution is 0.0939. The van der Waals surface area contributed by atoms with Gasteiger partial charge in [0, 0.05) is 11.7 Å². The predicted molar refractivity (Wildman–Crippen MR) is 73.1 cm³/mol. The molecule has 5 heteroatoms. The first kappa shape index (κ1) is 13.5. The highest BCUT2D eigenvalue weighted by Gasteiger charge is 2.18. The van der Waals surface area contributed by atoms with Crippen molar-refractivity contribution in [2.45, 2.75) is 46.6 Å². The van der Waals surface area contributed by atoms with Gasteiger partial charge in [-0.15, -0.1) is 0 Å². The fraction of sp³-hybridized carbons (Fsp3) is 0.500. The maximum Gasteiger partial charge on any atom is 0.258 e. The predicted octanol–water partition coefficient (Wildman–Crippen LogP) is 2.76. The minimum absolute atomic E-state index is 0.0947. The van der Waals surface area contributed by atoms with Crippen molar-refractivity contribution in [3.05, 3.63) is 23.0 Å². The van der Waals surface area contributed by atoms with Crippen molar-refractivity contribution in [2.75, 3.05) is 0 Å². The maximum atomic E-state index is 12.3. The van der Waals surface area contributed by atoms with Crippen LogP contribution in [0.4, 0.5) is 0 Å². The van der Waals surface area contributed by atoms with E-state index in [0.717, 1.165) is 18.5 Å². The minimum atomic E-state index is -0.0947. The molecule has 0 unspecified atom stereocenters. The molecule has 0 bridgehead atoms. The largest absolute Gasteiger partial charge is 0.350 e. The van der Waals surface area contributed by atoms with Gasteiger partial charge < -0.3 is 9.84 Å². The van der Waals surface area contributed by atoms with E-state index in [1.807, 2.05) is 20.8 Å². The van der Waals surface area contributed by atoms with Crippen LogP contribution in [0.5, 0.6) is 0 Å². The Morgan fingerprint density at radius 3 is 2.89 bits per heavy atom. The number of nitrogens with one attached hydrogen (secondary N) is 1. The molecular formula is C14H19N3O2. The number of aryl methyl sites for hydroxylation is 2. The summed E-state index contributed by atoms with van der Waals surface area (Å²) in [5.41, 5.74) is 2.45.